The Kier molecular flexibility index (Phi) is 5.91. The smallest absolute Gasteiger partial charge is 0.255 e. The van der Waals surface area contributed by atoms with Gasteiger partial charge in [0.1, 0.15) is 5.37 Å². The fraction of sp³-hybridized carbons (Fsp3) is 0.200. The maximum Gasteiger partial charge on any atom is 0.255 e. The molecule has 2 amide bonds. The van der Waals surface area contributed by atoms with Gasteiger partial charge in [0, 0.05) is 16.9 Å². The Morgan fingerprint density at radius 1 is 1.07 bits per heavy atom. The van der Waals surface area contributed by atoms with Crippen LogP contribution < -0.4 is 10.2 Å². The molecule has 5 heteroatoms. The summed E-state index contributed by atoms with van der Waals surface area (Å²) in [6.45, 7) is 4.03. The predicted molar refractivity (Wildman–Crippen MR) is 124 cm³/mol. The third kappa shape index (κ3) is 4.12. The average Bonchev–Trinajstić information content (AvgIpc) is 3.15. The molecule has 0 aliphatic carbocycles. The second kappa shape index (κ2) is 8.76. The van der Waals surface area contributed by atoms with Crippen molar-refractivity contribution in [2.75, 3.05) is 16.0 Å². The van der Waals surface area contributed by atoms with E-state index >= 15 is 0 Å². The largest absolute Gasteiger partial charge is 0.322 e. The molecule has 0 spiro atoms. The van der Waals surface area contributed by atoms with Crippen molar-refractivity contribution in [1.82, 2.24) is 0 Å². The summed E-state index contributed by atoms with van der Waals surface area (Å²) in [6, 6.07) is 23.4. The molecule has 1 heterocycles. The number of rotatable bonds is 5. The lowest BCUT2D eigenvalue weighted by Gasteiger charge is -2.25. The van der Waals surface area contributed by atoms with E-state index in [1.54, 1.807) is 11.8 Å². The zero-order valence-electron chi connectivity index (χ0n) is 17.1. The maximum absolute atomic E-state index is 12.7. The summed E-state index contributed by atoms with van der Waals surface area (Å²) in [5.74, 6) is 0.418. The molecular weight excluding hydrogens is 392 g/mol. The van der Waals surface area contributed by atoms with Crippen LogP contribution in [0.25, 0.3) is 0 Å². The van der Waals surface area contributed by atoms with Crippen LogP contribution in [-0.2, 0) is 11.2 Å². The molecule has 4 rings (SSSR count). The molecule has 0 saturated carbocycles. The number of hydrogen-bond donors (Lipinski definition) is 1. The molecule has 3 aromatic carbocycles. The van der Waals surface area contributed by atoms with Crippen LogP contribution in [0, 0.1) is 6.92 Å². The molecule has 0 bridgehead atoms. The van der Waals surface area contributed by atoms with E-state index in [9.17, 15) is 9.59 Å². The van der Waals surface area contributed by atoms with Gasteiger partial charge in [-0.05, 0) is 60.4 Å². The Balaban J connectivity index is 1.60. The van der Waals surface area contributed by atoms with Gasteiger partial charge in [-0.25, -0.2) is 0 Å². The quantitative estimate of drug-likeness (QED) is 0.590. The maximum atomic E-state index is 12.7. The van der Waals surface area contributed by atoms with Crippen LogP contribution in [-0.4, -0.2) is 17.6 Å². The number of nitrogens with zero attached hydrogens (tertiary/aromatic N) is 1. The highest BCUT2D eigenvalue weighted by Crippen LogP contribution is 2.42. The van der Waals surface area contributed by atoms with E-state index in [2.05, 4.69) is 24.4 Å². The fourth-order valence-corrected chi connectivity index (χ4v) is 4.84. The number of carbonyl (C=O) groups excluding carboxylic acids is 2. The normalized spacial score (nSPS) is 16.0. The van der Waals surface area contributed by atoms with Crippen molar-refractivity contribution < 1.29 is 9.59 Å². The van der Waals surface area contributed by atoms with E-state index in [-0.39, 0.29) is 17.2 Å². The van der Waals surface area contributed by atoms with Gasteiger partial charge >= 0.3 is 0 Å². The van der Waals surface area contributed by atoms with Gasteiger partial charge in [0.15, 0.2) is 0 Å². The van der Waals surface area contributed by atoms with Crippen molar-refractivity contribution in [3.63, 3.8) is 0 Å². The summed E-state index contributed by atoms with van der Waals surface area (Å²) in [4.78, 5) is 27.2. The van der Waals surface area contributed by atoms with Gasteiger partial charge in [-0.15, -0.1) is 11.8 Å². The van der Waals surface area contributed by atoms with Crippen LogP contribution in [0.3, 0.4) is 0 Å². The van der Waals surface area contributed by atoms with Crippen LogP contribution in [0.15, 0.2) is 72.8 Å². The molecular formula is C25H24N2O2S. The highest BCUT2D eigenvalue weighted by atomic mass is 32.2. The zero-order chi connectivity index (χ0) is 21.1. The number of benzene rings is 3. The topological polar surface area (TPSA) is 49.4 Å². The highest BCUT2D eigenvalue weighted by molar-refractivity contribution is 8.00. The number of hydrogen-bond acceptors (Lipinski definition) is 3. The van der Waals surface area contributed by atoms with Crippen LogP contribution >= 0.6 is 11.8 Å². The molecule has 0 radical (unpaired) electrons. The molecule has 1 aliphatic heterocycles. The molecule has 4 nitrogen and oxygen atoms in total. The molecule has 152 valence electrons. The van der Waals surface area contributed by atoms with Crippen molar-refractivity contribution >= 4 is 35.0 Å². The summed E-state index contributed by atoms with van der Waals surface area (Å²) in [7, 11) is 0. The zero-order valence-corrected chi connectivity index (χ0v) is 17.9. The Bertz CT molecular complexity index is 1100. The number of nitrogens with one attached hydrogen (secondary N) is 1. The molecule has 1 N–H and O–H groups in total. The Hall–Kier alpha value is -3.05. The van der Waals surface area contributed by atoms with E-state index in [4.69, 9.17) is 0 Å². The molecule has 0 aromatic heterocycles. The van der Waals surface area contributed by atoms with Crippen molar-refractivity contribution in [2.45, 2.75) is 25.6 Å². The summed E-state index contributed by atoms with van der Waals surface area (Å²) in [5.41, 5.74) is 5.44. The number of aryl methyl sites for hydroxylation is 2. The van der Waals surface area contributed by atoms with Crippen molar-refractivity contribution in [3.8, 4) is 0 Å². The number of thioether (sulfide) groups is 1. The van der Waals surface area contributed by atoms with Gasteiger partial charge < -0.3 is 5.32 Å². The Labute approximate surface area is 181 Å². The first-order valence-corrected chi connectivity index (χ1v) is 11.1. The minimum Gasteiger partial charge on any atom is -0.322 e. The Morgan fingerprint density at radius 3 is 2.67 bits per heavy atom. The predicted octanol–water partition coefficient (Wildman–Crippen LogP) is 5.59. The minimum absolute atomic E-state index is 0.104. The minimum atomic E-state index is -0.132. The van der Waals surface area contributed by atoms with Crippen molar-refractivity contribution in [1.29, 1.82) is 0 Å². The van der Waals surface area contributed by atoms with E-state index in [0.29, 0.717) is 11.3 Å². The molecule has 3 aromatic rings. The van der Waals surface area contributed by atoms with E-state index in [1.807, 2.05) is 72.5 Å². The van der Waals surface area contributed by atoms with E-state index in [1.165, 1.54) is 5.56 Å². The Morgan fingerprint density at radius 2 is 1.87 bits per heavy atom. The third-order valence-corrected chi connectivity index (χ3v) is 6.50. The monoisotopic (exact) mass is 416 g/mol. The van der Waals surface area contributed by atoms with Gasteiger partial charge in [-0.1, -0.05) is 49.4 Å². The number of amides is 2. The first-order chi connectivity index (χ1) is 14.6. The van der Waals surface area contributed by atoms with Crippen molar-refractivity contribution in [2.24, 2.45) is 0 Å². The second-order valence-corrected chi connectivity index (χ2v) is 8.41. The van der Waals surface area contributed by atoms with Crippen LogP contribution in [0.2, 0.25) is 0 Å². The number of anilines is 2. The van der Waals surface area contributed by atoms with Gasteiger partial charge in [0.2, 0.25) is 5.91 Å². The standard InChI is InChI=1S/C25H24N2O2S/c1-3-18-9-6-12-21(14-18)27-23(28)16-30-25(27)19-10-7-11-20(15-19)26-24(29)22-13-5-4-8-17(22)2/h4-15,25H,3,16H2,1-2H3,(H,26,29)/t25-/m1/s1. The molecule has 30 heavy (non-hydrogen) atoms. The number of carbonyl (C=O) groups is 2. The molecule has 0 unspecified atom stereocenters. The second-order valence-electron chi connectivity index (χ2n) is 7.35. The first kappa shape index (κ1) is 20.2. The van der Waals surface area contributed by atoms with E-state index < -0.39 is 0 Å². The molecule has 1 fully saturated rings. The van der Waals surface area contributed by atoms with Crippen molar-refractivity contribution in [3.05, 3.63) is 95.1 Å². The van der Waals surface area contributed by atoms with Gasteiger partial charge in [-0.3, -0.25) is 14.5 Å². The van der Waals surface area contributed by atoms with Crippen LogP contribution in [0.5, 0.6) is 0 Å². The molecule has 1 aliphatic rings. The lowest BCUT2D eigenvalue weighted by molar-refractivity contribution is -0.115. The summed E-state index contributed by atoms with van der Waals surface area (Å²) in [5, 5.41) is 2.88. The lowest BCUT2D eigenvalue weighted by Crippen LogP contribution is -2.28. The molecule has 1 saturated heterocycles. The van der Waals surface area contributed by atoms with Gasteiger partial charge in [0.05, 0.1) is 5.75 Å². The summed E-state index contributed by atoms with van der Waals surface area (Å²) in [6.07, 6.45) is 0.925. The third-order valence-electron chi connectivity index (χ3n) is 5.28. The first-order valence-electron chi connectivity index (χ1n) is 10.1. The summed E-state index contributed by atoms with van der Waals surface area (Å²) >= 11 is 1.61. The van der Waals surface area contributed by atoms with Gasteiger partial charge in [-0.2, -0.15) is 0 Å². The van der Waals surface area contributed by atoms with E-state index in [0.717, 1.165) is 28.9 Å². The average molecular weight is 417 g/mol. The highest BCUT2D eigenvalue weighted by Gasteiger charge is 2.34. The molecule has 1 atom stereocenters. The lowest BCUT2D eigenvalue weighted by atomic mass is 10.1. The summed E-state index contributed by atoms with van der Waals surface area (Å²) < 4.78 is 0. The van der Waals surface area contributed by atoms with Crippen LogP contribution in [0.1, 0.15) is 39.3 Å². The van der Waals surface area contributed by atoms with Gasteiger partial charge in [0.25, 0.3) is 5.91 Å². The fourth-order valence-electron chi connectivity index (χ4n) is 3.67. The SMILES string of the molecule is CCc1cccc(N2C(=O)CS[C@@H]2c2cccc(NC(=O)c3ccccc3C)c2)c1. The van der Waals surface area contributed by atoms with Crippen LogP contribution in [0.4, 0.5) is 11.4 Å².